The van der Waals surface area contributed by atoms with Crippen molar-refractivity contribution in [3.8, 4) is 0 Å². The van der Waals surface area contributed by atoms with Crippen molar-refractivity contribution in [1.82, 2.24) is 5.32 Å². The van der Waals surface area contributed by atoms with Crippen LogP contribution in [0.4, 0.5) is 5.69 Å². The standard InChI is InChI=1S/C15H21N3O2S/c1-10(8-16)17-15(20)11-7-14(19)18(9-11)12-3-5-13(21-2)6-4-12/h3-6,10-11H,7-9,16H2,1-2H3,(H,17,20)/t10-,11?/m0/s1. The average molecular weight is 307 g/mol. The Morgan fingerprint density at radius 1 is 1.48 bits per heavy atom. The molecule has 1 unspecified atom stereocenters. The van der Waals surface area contributed by atoms with Crippen LogP contribution in [0.5, 0.6) is 0 Å². The number of carbonyl (C=O) groups is 2. The number of thioether (sulfide) groups is 1. The molecule has 1 aromatic rings. The smallest absolute Gasteiger partial charge is 0.227 e. The Morgan fingerprint density at radius 3 is 2.71 bits per heavy atom. The Balaban J connectivity index is 2.03. The topological polar surface area (TPSA) is 75.4 Å². The predicted octanol–water partition coefficient (Wildman–Crippen LogP) is 1.22. The molecule has 1 heterocycles. The Kier molecular flexibility index (Phi) is 5.25. The van der Waals surface area contributed by atoms with Crippen LogP contribution in [-0.2, 0) is 9.59 Å². The van der Waals surface area contributed by atoms with E-state index in [-0.39, 0.29) is 30.2 Å². The number of nitrogens with zero attached hydrogens (tertiary/aromatic N) is 1. The molecule has 114 valence electrons. The summed E-state index contributed by atoms with van der Waals surface area (Å²) in [6.45, 7) is 2.68. The van der Waals surface area contributed by atoms with Crippen LogP contribution in [0.25, 0.3) is 0 Å². The summed E-state index contributed by atoms with van der Waals surface area (Å²) in [7, 11) is 0. The van der Waals surface area contributed by atoms with Gasteiger partial charge in [0, 0.05) is 36.1 Å². The van der Waals surface area contributed by atoms with Crippen LogP contribution < -0.4 is 16.0 Å². The number of anilines is 1. The van der Waals surface area contributed by atoms with E-state index in [0.717, 1.165) is 10.6 Å². The van der Waals surface area contributed by atoms with Gasteiger partial charge in [-0.25, -0.2) is 0 Å². The number of amides is 2. The van der Waals surface area contributed by atoms with E-state index in [4.69, 9.17) is 5.73 Å². The minimum atomic E-state index is -0.299. The minimum absolute atomic E-state index is 0.00699. The lowest BCUT2D eigenvalue weighted by Gasteiger charge is -2.18. The van der Waals surface area contributed by atoms with Crippen LogP contribution in [-0.4, -0.2) is 37.2 Å². The third-order valence-corrected chi connectivity index (χ3v) is 4.37. The third-order valence-electron chi connectivity index (χ3n) is 3.62. The molecule has 0 aromatic heterocycles. The van der Waals surface area contributed by atoms with E-state index >= 15 is 0 Å². The van der Waals surface area contributed by atoms with Gasteiger partial charge in [0.2, 0.25) is 11.8 Å². The van der Waals surface area contributed by atoms with Gasteiger partial charge in [-0.3, -0.25) is 9.59 Å². The predicted molar refractivity (Wildman–Crippen MR) is 85.3 cm³/mol. The van der Waals surface area contributed by atoms with Gasteiger partial charge in [-0.1, -0.05) is 0 Å². The van der Waals surface area contributed by atoms with Crippen molar-refractivity contribution in [3.05, 3.63) is 24.3 Å². The monoisotopic (exact) mass is 307 g/mol. The van der Waals surface area contributed by atoms with Crippen LogP contribution in [0, 0.1) is 5.92 Å². The maximum absolute atomic E-state index is 12.1. The van der Waals surface area contributed by atoms with Crippen molar-refractivity contribution in [3.63, 3.8) is 0 Å². The van der Waals surface area contributed by atoms with Gasteiger partial charge in [-0.05, 0) is 37.4 Å². The Morgan fingerprint density at radius 2 is 2.14 bits per heavy atom. The highest BCUT2D eigenvalue weighted by atomic mass is 32.2. The maximum atomic E-state index is 12.1. The molecule has 6 heteroatoms. The summed E-state index contributed by atoms with van der Waals surface area (Å²) in [6.07, 6.45) is 2.27. The SMILES string of the molecule is CSc1ccc(N2CC(C(=O)N[C@@H](C)CN)CC2=O)cc1. The van der Waals surface area contributed by atoms with E-state index in [1.807, 2.05) is 37.4 Å². The Hall–Kier alpha value is -1.53. The third kappa shape index (κ3) is 3.77. The number of hydrogen-bond acceptors (Lipinski definition) is 4. The second-order valence-electron chi connectivity index (χ2n) is 5.25. The molecule has 2 atom stereocenters. The molecule has 21 heavy (non-hydrogen) atoms. The molecular formula is C15H21N3O2S. The lowest BCUT2D eigenvalue weighted by atomic mass is 10.1. The number of hydrogen-bond donors (Lipinski definition) is 2. The molecule has 1 aromatic carbocycles. The Labute approximate surface area is 129 Å². The van der Waals surface area contributed by atoms with Crippen molar-refractivity contribution < 1.29 is 9.59 Å². The fraction of sp³-hybridized carbons (Fsp3) is 0.467. The molecule has 0 bridgehead atoms. The number of rotatable bonds is 5. The van der Waals surface area contributed by atoms with Crippen LogP contribution in [0.2, 0.25) is 0 Å². The van der Waals surface area contributed by atoms with Gasteiger partial charge in [-0.15, -0.1) is 11.8 Å². The number of nitrogens with two attached hydrogens (primary N) is 1. The summed E-state index contributed by atoms with van der Waals surface area (Å²) >= 11 is 1.66. The van der Waals surface area contributed by atoms with Crippen molar-refractivity contribution >= 4 is 29.3 Å². The van der Waals surface area contributed by atoms with E-state index in [1.165, 1.54) is 0 Å². The summed E-state index contributed by atoms with van der Waals surface area (Å²) in [5.74, 6) is -0.399. The van der Waals surface area contributed by atoms with E-state index in [1.54, 1.807) is 16.7 Å². The number of benzene rings is 1. The van der Waals surface area contributed by atoms with Crippen molar-refractivity contribution in [2.24, 2.45) is 11.7 Å². The average Bonchev–Trinajstić information content (AvgIpc) is 2.89. The molecule has 0 spiro atoms. The molecule has 1 aliphatic rings. The van der Waals surface area contributed by atoms with Gasteiger partial charge in [0.25, 0.3) is 0 Å². The highest BCUT2D eigenvalue weighted by Crippen LogP contribution is 2.27. The first-order valence-electron chi connectivity index (χ1n) is 7.00. The zero-order valence-electron chi connectivity index (χ0n) is 12.3. The molecule has 1 aliphatic heterocycles. The van der Waals surface area contributed by atoms with E-state index < -0.39 is 0 Å². The molecule has 1 saturated heterocycles. The van der Waals surface area contributed by atoms with Gasteiger partial charge >= 0.3 is 0 Å². The zero-order chi connectivity index (χ0) is 15.4. The number of nitrogens with one attached hydrogen (secondary N) is 1. The molecule has 0 radical (unpaired) electrons. The fourth-order valence-electron chi connectivity index (χ4n) is 2.31. The van der Waals surface area contributed by atoms with Gasteiger partial charge in [0.1, 0.15) is 0 Å². The van der Waals surface area contributed by atoms with E-state index in [0.29, 0.717) is 13.1 Å². The van der Waals surface area contributed by atoms with Crippen LogP contribution >= 0.6 is 11.8 Å². The van der Waals surface area contributed by atoms with Crippen LogP contribution in [0.15, 0.2) is 29.2 Å². The largest absolute Gasteiger partial charge is 0.352 e. The summed E-state index contributed by atoms with van der Waals surface area (Å²) in [4.78, 5) is 27.0. The van der Waals surface area contributed by atoms with Crippen LogP contribution in [0.3, 0.4) is 0 Å². The molecule has 0 aliphatic carbocycles. The van der Waals surface area contributed by atoms with E-state index in [9.17, 15) is 9.59 Å². The Bertz CT molecular complexity index is 518. The summed E-state index contributed by atoms with van der Waals surface area (Å²) in [5, 5.41) is 2.84. The molecule has 5 nitrogen and oxygen atoms in total. The van der Waals surface area contributed by atoms with E-state index in [2.05, 4.69) is 5.32 Å². The number of carbonyl (C=O) groups excluding carboxylic acids is 2. The normalized spacial score (nSPS) is 19.7. The van der Waals surface area contributed by atoms with Gasteiger partial charge in [-0.2, -0.15) is 0 Å². The highest BCUT2D eigenvalue weighted by Gasteiger charge is 2.35. The quantitative estimate of drug-likeness (QED) is 0.802. The lowest BCUT2D eigenvalue weighted by Crippen LogP contribution is -2.41. The van der Waals surface area contributed by atoms with Crippen molar-refractivity contribution in [2.75, 3.05) is 24.2 Å². The lowest BCUT2D eigenvalue weighted by molar-refractivity contribution is -0.126. The van der Waals surface area contributed by atoms with Crippen molar-refractivity contribution in [2.45, 2.75) is 24.3 Å². The van der Waals surface area contributed by atoms with Crippen LogP contribution in [0.1, 0.15) is 13.3 Å². The first-order valence-corrected chi connectivity index (χ1v) is 8.22. The van der Waals surface area contributed by atoms with Gasteiger partial charge in [0.05, 0.1) is 5.92 Å². The highest BCUT2D eigenvalue weighted by molar-refractivity contribution is 7.98. The van der Waals surface area contributed by atoms with Gasteiger partial charge in [0.15, 0.2) is 0 Å². The summed E-state index contributed by atoms with van der Waals surface area (Å²) in [6, 6.07) is 7.75. The second-order valence-corrected chi connectivity index (χ2v) is 6.13. The first kappa shape index (κ1) is 15.9. The summed E-state index contributed by atoms with van der Waals surface area (Å²) in [5.41, 5.74) is 6.35. The first-order chi connectivity index (χ1) is 10.0. The molecule has 3 N–H and O–H groups in total. The molecular weight excluding hydrogens is 286 g/mol. The zero-order valence-corrected chi connectivity index (χ0v) is 13.2. The van der Waals surface area contributed by atoms with Crippen molar-refractivity contribution in [1.29, 1.82) is 0 Å². The summed E-state index contributed by atoms with van der Waals surface area (Å²) < 4.78 is 0. The molecule has 0 saturated carbocycles. The van der Waals surface area contributed by atoms with Gasteiger partial charge < -0.3 is 16.0 Å². The minimum Gasteiger partial charge on any atom is -0.352 e. The fourth-order valence-corrected chi connectivity index (χ4v) is 2.72. The maximum Gasteiger partial charge on any atom is 0.227 e. The molecule has 2 rings (SSSR count). The molecule has 1 fully saturated rings. The molecule has 2 amide bonds. The second kappa shape index (κ2) is 6.95.